The van der Waals surface area contributed by atoms with Crippen LogP contribution in [0.5, 0.6) is 0 Å². The first kappa shape index (κ1) is 14.5. The van der Waals surface area contributed by atoms with Crippen molar-refractivity contribution < 1.29 is 9.18 Å². The van der Waals surface area contributed by atoms with Gasteiger partial charge in [0.05, 0.1) is 6.04 Å². The summed E-state index contributed by atoms with van der Waals surface area (Å²) in [6, 6.07) is 5.25. The topological polar surface area (TPSA) is 41.1 Å². The lowest BCUT2D eigenvalue weighted by Crippen LogP contribution is -2.40. The molecule has 0 radical (unpaired) electrons. The smallest absolute Gasteiger partial charge is 0.223 e. The molecule has 4 heteroatoms. The van der Waals surface area contributed by atoms with E-state index in [1.807, 2.05) is 12.1 Å². The van der Waals surface area contributed by atoms with E-state index in [0.717, 1.165) is 44.3 Å². The predicted molar refractivity (Wildman–Crippen MR) is 80.3 cm³/mol. The van der Waals surface area contributed by atoms with Crippen molar-refractivity contribution in [3.63, 3.8) is 0 Å². The first-order valence-electron chi connectivity index (χ1n) is 7.92. The minimum Gasteiger partial charge on any atom is -0.349 e. The van der Waals surface area contributed by atoms with Crippen LogP contribution in [0.1, 0.15) is 42.9 Å². The van der Waals surface area contributed by atoms with Gasteiger partial charge in [-0.05, 0) is 68.8 Å². The van der Waals surface area contributed by atoms with E-state index in [4.69, 9.17) is 0 Å². The second kappa shape index (κ2) is 6.14. The van der Waals surface area contributed by atoms with E-state index in [1.165, 1.54) is 6.07 Å². The summed E-state index contributed by atoms with van der Waals surface area (Å²) in [4.78, 5) is 12.5. The number of halogens is 1. The zero-order chi connectivity index (χ0) is 14.8. The number of amides is 1. The molecule has 3 nitrogen and oxygen atoms in total. The molecule has 0 spiro atoms. The van der Waals surface area contributed by atoms with Gasteiger partial charge in [-0.2, -0.15) is 0 Å². The van der Waals surface area contributed by atoms with E-state index in [-0.39, 0.29) is 23.7 Å². The maximum absolute atomic E-state index is 13.4. The summed E-state index contributed by atoms with van der Waals surface area (Å²) in [5, 5.41) is 6.50. The molecule has 1 saturated carbocycles. The van der Waals surface area contributed by atoms with Gasteiger partial charge in [0.25, 0.3) is 0 Å². The first-order valence-corrected chi connectivity index (χ1v) is 7.92. The largest absolute Gasteiger partial charge is 0.349 e. The predicted octanol–water partition coefficient (Wildman–Crippen LogP) is 2.70. The van der Waals surface area contributed by atoms with Crippen molar-refractivity contribution in [1.82, 2.24) is 10.6 Å². The lowest BCUT2D eigenvalue weighted by Gasteiger charge is -2.26. The lowest BCUT2D eigenvalue weighted by atomic mass is 9.95. The van der Waals surface area contributed by atoms with Gasteiger partial charge in [0.1, 0.15) is 5.82 Å². The summed E-state index contributed by atoms with van der Waals surface area (Å²) in [7, 11) is 0. The Kier molecular flexibility index (Phi) is 4.24. The molecule has 1 saturated heterocycles. The molecule has 2 aliphatic rings. The molecule has 0 aromatic heterocycles. The number of piperidine rings is 1. The van der Waals surface area contributed by atoms with Crippen LogP contribution in [0.15, 0.2) is 18.2 Å². The van der Waals surface area contributed by atoms with Crippen LogP contribution >= 0.6 is 0 Å². The number of carbonyl (C=O) groups excluding carboxylic acids is 1. The van der Waals surface area contributed by atoms with Gasteiger partial charge in [-0.1, -0.05) is 12.1 Å². The van der Waals surface area contributed by atoms with Gasteiger partial charge in [0.2, 0.25) is 5.91 Å². The molecular weight excluding hydrogens is 267 g/mol. The van der Waals surface area contributed by atoms with Crippen molar-refractivity contribution in [2.75, 3.05) is 13.1 Å². The van der Waals surface area contributed by atoms with Crippen LogP contribution in [-0.2, 0) is 4.79 Å². The van der Waals surface area contributed by atoms with E-state index in [1.54, 1.807) is 6.92 Å². The fraction of sp³-hybridized carbons (Fsp3) is 0.588. The van der Waals surface area contributed by atoms with E-state index >= 15 is 0 Å². The second-order valence-electron chi connectivity index (χ2n) is 6.36. The van der Waals surface area contributed by atoms with Crippen molar-refractivity contribution in [1.29, 1.82) is 0 Å². The van der Waals surface area contributed by atoms with Gasteiger partial charge in [-0.25, -0.2) is 4.39 Å². The zero-order valence-electron chi connectivity index (χ0n) is 12.5. The minimum absolute atomic E-state index is 0.0479. The van der Waals surface area contributed by atoms with Gasteiger partial charge in [0.15, 0.2) is 0 Å². The Morgan fingerprint density at radius 2 is 2.00 bits per heavy atom. The van der Waals surface area contributed by atoms with Crippen molar-refractivity contribution >= 4 is 5.91 Å². The average molecular weight is 290 g/mol. The Morgan fingerprint density at radius 3 is 2.62 bits per heavy atom. The van der Waals surface area contributed by atoms with Crippen LogP contribution in [0.3, 0.4) is 0 Å². The highest BCUT2D eigenvalue weighted by atomic mass is 19.1. The Hall–Kier alpha value is -1.42. The zero-order valence-corrected chi connectivity index (χ0v) is 12.5. The molecule has 2 N–H and O–H groups in total. The highest BCUT2D eigenvalue weighted by Crippen LogP contribution is 2.41. The summed E-state index contributed by atoms with van der Waals surface area (Å²) < 4.78 is 13.4. The number of aryl methyl sites for hydroxylation is 1. The number of nitrogens with one attached hydrogen (secondary N) is 2. The average Bonchev–Trinajstić information content (AvgIpc) is 3.33. The third-order valence-electron chi connectivity index (χ3n) is 4.64. The molecule has 114 valence electrons. The molecule has 3 rings (SSSR count). The summed E-state index contributed by atoms with van der Waals surface area (Å²) in [6.07, 6.45) is 4.11. The van der Waals surface area contributed by atoms with Crippen LogP contribution in [-0.4, -0.2) is 19.0 Å². The van der Waals surface area contributed by atoms with Crippen molar-refractivity contribution in [3.05, 3.63) is 35.1 Å². The van der Waals surface area contributed by atoms with Gasteiger partial charge in [0, 0.05) is 5.92 Å². The highest BCUT2D eigenvalue weighted by Gasteiger charge is 2.35. The lowest BCUT2D eigenvalue weighted by molar-refractivity contribution is -0.126. The molecule has 1 aliphatic carbocycles. The Labute approximate surface area is 125 Å². The molecule has 1 aromatic carbocycles. The molecule has 1 unspecified atom stereocenters. The van der Waals surface area contributed by atoms with E-state index < -0.39 is 0 Å². The van der Waals surface area contributed by atoms with Gasteiger partial charge in [-0.3, -0.25) is 4.79 Å². The second-order valence-corrected chi connectivity index (χ2v) is 6.36. The molecule has 1 aromatic rings. The molecule has 1 amide bonds. The number of rotatable bonds is 4. The molecular formula is C17H23FN2O. The number of carbonyl (C=O) groups is 1. The third kappa shape index (κ3) is 3.43. The maximum Gasteiger partial charge on any atom is 0.223 e. The molecule has 1 aliphatic heterocycles. The summed E-state index contributed by atoms with van der Waals surface area (Å²) in [5.74, 6) is 0.614. The monoisotopic (exact) mass is 290 g/mol. The quantitative estimate of drug-likeness (QED) is 0.895. The molecule has 1 atom stereocenters. The fourth-order valence-electron chi connectivity index (χ4n) is 3.12. The van der Waals surface area contributed by atoms with Gasteiger partial charge < -0.3 is 10.6 Å². The van der Waals surface area contributed by atoms with Crippen molar-refractivity contribution in [3.8, 4) is 0 Å². The molecule has 21 heavy (non-hydrogen) atoms. The minimum atomic E-state index is -0.182. The van der Waals surface area contributed by atoms with E-state index in [9.17, 15) is 9.18 Å². The normalized spacial score (nSPS) is 21.0. The fourth-order valence-corrected chi connectivity index (χ4v) is 3.12. The number of hydrogen-bond donors (Lipinski definition) is 2. The summed E-state index contributed by atoms with van der Waals surface area (Å²) >= 11 is 0. The molecule has 0 bridgehead atoms. The Balaban J connectivity index is 1.72. The highest BCUT2D eigenvalue weighted by molar-refractivity contribution is 5.79. The Morgan fingerprint density at radius 1 is 1.29 bits per heavy atom. The standard InChI is InChI=1S/C17H23FN2O/c1-11-10-14(4-5-15(11)18)16(12-2-3-12)20-17(21)13-6-8-19-9-7-13/h4-5,10,12-13,16,19H,2-3,6-9H2,1H3,(H,20,21). The molecule has 2 fully saturated rings. The first-order chi connectivity index (χ1) is 10.1. The van der Waals surface area contributed by atoms with Crippen molar-refractivity contribution in [2.45, 2.75) is 38.6 Å². The summed E-state index contributed by atoms with van der Waals surface area (Å²) in [5.41, 5.74) is 1.69. The van der Waals surface area contributed by atoms with Crippen LogP contribution < -0.4 is 10.6 Å². The number of benzene rings is 1. The van der Waals surface area contributed by atoms with Crippen LogP contribution in [0.25, 0.3) is 0 Å². The van der Waals surface area contributed by atoms with Crippen LogP contribution in [0.2, 0.25) is 0 Å². The number of hydrogen-bond acceptors (Lipinski definition) is 2. The van der Waals surface area contributed by atoms with Gasteiger partial charge in [-0.15, -0.1) is 0 Å². The SMILES string of the molecule is Cc1cc(C(NC(=O)C2CCNCC2)C2CC2)ccc1F. The van der Waals surface area contributed by atoms with Crippen LogP contribution in [0, 0.1) is 24.6 Å². The Bertz CT molecular complexity index is 522. The molecule has 1 heterocycles. The van der Waals surface area contributed by atoms with Crippen LogP contribution in [0.4, 0.5) is 4.39 Å². The van der Waals surface area contributed by atoms with Gasteiger partial charge >= 0.3 is 0 Å². The van der Waals surface area contributed by atoms with E-state index in [2.05, 4.69) is 10.6 Å². The van der Waals surface area contributed by atoms with E-state index in [0.29, 0.717) is 11.5 Å². The van der Waals surface area contributed by atoms with Crippen molar-refractivity contribution in [2.24, 2.45) is 11.8 Å². The third-order valence-corrected chi connectivity index (χ3v) is 4.64. The maximum atomic E-state index is 13.4. The summed E-state index contributed by atoms with van der Waals surface area (Å²) in [6.45, 7) is 3.61.